The molecule has 2 rings (SSSR count). The number of rotatable bonds is 2. The number of aromatic nitrogens is 1. The van der Waals surface area contributed by atoms with Gasteiger partial charge in [0.1, 0.15) is 11.4 Å². The van der Waals surface area contributed by atoms with Gasteiger partial charge in [0, 0.05) is 16.5 Å². The summed E-state index contributed by atoms with van der Waals surface area (Å²) in [7, 11) is 1.43. The van der Waals surface area contributed by atoms with Gasteiger partial charge >= 0.3 is 6.18 Å². The van der Waals surface area contributed by atoms with Crippen LogP contribution in [-0.2, 0) is 12.6 Å². The van der Waals surface area contributed by atoms with Crippen molar-refractivity contribution in [3.63, 3.8) is 0 Å². The number of halogens is 3. The smallest absolute Gasteiger partial charge is 0.431 e. The molecule has 0 radical (unpaired) electrons. The fourth-order valence-corrected chi connectivity index (χ4v) is 1.86. The van der Waals surface area contributed by atoms with Gasteiger partial charge in [0.2, 0.25) is 0 Å². The molecule has 0 aliphatic carbocycles. The van der Waals surface area contributed by atoms with Crippen molar-refractivity contribution in [2.75, 3.05) is 7.11 Å². The van der Waals surface area contributed by atoms with Crippen LogP contribution in [0, 0.1) is 11.3 Å². The molecule has 3 nitrogen and oxygen atoms in total. The first-order chi connectivity index (χ1) is 8.47. The van der Waals surface area contributed by atoms with Crippen molar-refractivity contribution >= 4 is 10.9 Å². The van der Waals surface area contributed by atoms with Crippen LogP contribution in [-0.4, -0.2) is 12.1 Å². The highest BCUT2D eigenvalue weighted by molar-refractivity contribution is 5.86. The number of hydrogen-bond acceptors (Lipinski definition) is 2. The van der Waals surface area contributed by atoms with Gasteiger partial charge in [-0.05, 0) is 18.2 Å². The summed E-state index contributed by atoms with van der Waals surface area (Å²) in [6.45, 7) is 0. The maximum Gasteiger partial charge on any atom is 0.431 e. The van der Waals surface area contributed by atoms with Crippen molar-refractivity contribution in [3.05, 3.63) is 29.5 Å². The van der Waals surface area contributed by atoms with E-state index in [1.807, 2.05) is 0 Å². The van der Waals surface area contributed by atoms with Crippen LogP contribution in [0.4, 0.5) is 13.2 Å². The summed E-state index contributed by atoms with van der Waals surface area (Å²) in [5.74, 6) is 0.453. The highest BCUT2D eigenvalue weighted by Crippen LogP contribution is 2.36. The molecule has 0 aliphatic rings. The minimum atomic E-state index is -4.50. The molecule has 0 spiro atoms. The van der Waals surface area contributed by atoms with Gasteiger partial charge in [-0.3, -0.25) is 0 Å². The van der Waals surface area contributed by atoms with E-state index in [0.29, 0.717) is 16.7 Å². The largest absolute Gasteiger partial charge is 0.497 e. The minimum Gasteiger partial charge on any atom is -0.497 e. The summed E-state index contributed by atoms with van der Waals surface area (Å²) in [6.07, 6.45) is -4.81. The Balaban J connectivity index is 2.73. The molecule has 1 aromatic carbocycles. The summed E-state index contributed by atoms with van der Waals surface area (Å²) in [4.78, 5) is 2.31. The van der Waals surface area contributed by atoms with Gasteiger partial charge in [-0.25, -0.2) is 0 Å². The topological polar surface area (TPSA) is 48.8 Å². The second kappa shape index (κ2) is 4.26. The predicted octanol–water partition coefficient (Wildman–Crippen LogP) is 3.26. The number of nitriles is 1. The molecule has 0 fully saturated rings. The summed E-state index contributed by atoms with van der Waals surface area (Å²) in [5, 5.41) is 9.02. The quantitative estimate of drug-likeness (QED) is 0.894. The number of ether oxygens (including phenoxy) is 1. The Bertz CT molecular complexity index is 623. The maximum atomic E-state index is 12.8. The summed E-state index contributed by atoms with van der Waals surface area (Å²) in [6, 6.07) is 6.31. The number of H-pyrrole nitrogens is 1. The minimum absolute atomic E-state index is 0.0427. The van der Waals surface area contributed by atoms with Crippen LogP contribution >= 0.6 is 0 Å². The average molecular weight is 254 g/mol. The number of benzene rings is 1. The first-order valence-electron chi connectivity index (χ1n) is 5.10. The number of hydrogen-bond donors (Lipinski definition) is 1. The van der Waals surface area contributed by atoms with Crippen LogP contribution < -0.4 is 4.74 Å². The van der Waals surface area contributed by atoms with E-state index in [2.05, 4.69) is 4.98 Å². The van der Waals surface area contributed by atoms with Crippen molar-refractivity contribution in [2.45, 2.75) is 12.6 Å². The second-order valence-electron chi connectivity index (χ2n) is 3.72. The molecule has 0 saturated carbocycles. The molecule has 0 atom stereocenters. The first-order valence-corrected chi connectivity index (χ1v) is 5.10. The van der Waals surface area contributed by atoms with Crippen LogP contribution in [0.3, 0.4) is 0 Å². The van der Waals surface area contributed by atoms with Crippen molar-refractivity contribution in [2.24, 2.45) is 0 Å². The summed E-state index contributed by atoms with van der Waals surface area (Å²) >= 11 is 0. The van der Waals surface area contributed by atoms with E-state index in [4.69, 9.17) is 10.00 Å². The molecule has 0 bridgehead atoms. The van der Waals surface area contributed by atoms with Crippen molar-refractivity contribution in [3.8, 4) is 11.8 Å². The molecular formula is C12H9F3N2O. The second-order valence-corrected chi connectivity index (χ2v) is 3.72. The van der Waals surface area contributed by atoms with Gasteiger partial charge in [0.05, 0.1) is 19.6 Å². The fraction of sp³-hybridized carbons (Fsp3) is 0.250. The molecule has 94 valence electrons. The molecule has 0 amide bonds. The van der Waals surface area contributed by atoms with Crippen LogP contribution in [0.5, 0.6) is 5.75 Å². The van der Waals surface area contributed by atoms with Gasteiger partial charge in [-0.1, -0.05) is 0 Å². The van der Waals surface area contributed by atoms with Crippen LogP contribution in [0.2, 0.25) is 0 Å². The van der Waals surface area contributed by atoms with Gasteiger partial charge < -0.3 is 9.72 Å². The lowest BCUT2D eigenvalue weighted by molar-refractivity contribution is -0.141. The third-order valence-corrected chi connectivity index (χ3v) is 2.65. The lowest BCUT2D eigenvalue weighted by Gasteiger charge is -2.05. The Morgan fingerprint density at radius 2 is 2.11 bits per heavy atom. The molecule has 0 saturated heterocycles. The zero-order valence-corrected chi connectivity index (χ0v) is 9.43. The van der Waals surface area contributed by atoms with Crippen LogP contribution in [0.15, 0.2) is 18.2 Å². The van der Waals surface area contributed by atoms with E-state index >= 15 is 0 Å². The van der Waals surface area contributed by atoms with E-state index in [-0.39, 0.29) is 12.0 Å². The summed E-state index contributed by atoms with van der Waals surface area (Å²) < 4.78 is 43.4. The fourth-order valence-electron chi connectivity index (χ4n) is 1.86. The Morgan fingerprint density at radius 1 is 1.39 bits per heavy atom. The Labute approximate surface area is 101 Å². The highest BCUT2D eigenvalue weighted by atomic mass is 19.4. The Kier molecular flexibility index (Phi) is 2.91. The van der Waals surface area contributed by atoms with E-state index in [1.54, 1.807) is 12.1 Å². The lowest BCUT2D eigenvalue weighted by Crippen LogP contribution is -2.08. The molecule has 6 heteroatoms. The number of alkyl halides is 3. The number of fused-ring (bicyclic) bond motifs is 1. The van der Waals surface area contributed by atoms with E-state index < -0.39 is 11.9 Å². The molecule has 1 aromatic heterocycles. The third kappa shape index (κ3) is 1.99. The number of methoxy groups -OCH3 is 1. The first kappa shape index (κ1) is 12.3. The number of nitrogens with one attached hydrogen (secondary N) is 1. The van der Waals surface area contributed by atoms with E-state index in [9.17, 15) is 13.2 Å². The highest BCUT2D eigenvalue weighted by Gasteiger charge is 2.36. The normalized spacial score (nSPS) is 11.5. The lowest BCUT2D eigenvalue weighted by atomic mass is 10.1. The van der Waals surface area contributed by atoms with Gasteiger partial charge in [-0.2, -0.15) is 18.4 Å². The summed E-state index contributed by atoms with van der Waals surface area (Å²) in [5.41, 5.74) is -0.570. The molecule has 1 heterocycles. The zero-order valence-electron chi connectivity index (χ0n) is 9.43. The van der Waals surface area contributed by atoms with Gasteiger partial charge in [-0.15, -0.1) is 0 Å². The molecule has 1 N–H and O–H groups in total. The molecule has 0 aliphatic heterocycles. The molecule has 18 heavy (non-hydrogen) atoms. The monoisotopic (exact) mass is 254 g/mol. The standard InChI is InChI=1S/C12H9F3N2O/c1-18-7-2-3-10-9(6-7)8(4-5-16)11(17-10)12(13,14)15/h2-3,6,17H,4H2,1H3. The van der Waals surface area contributed by atoms with E-state index in [1.165, 1.54) is 19.2 Å². The average Bonchev–Trinajstić information content (AvgIpc) is 2.68. The van der Waals surface area contributed by atoms with Crippen molar-refractivity contribution in [1.82, 2.24) is 4.98 Å². The maximum absolute atomic E-state index is 12.8. The molecular weight excluding hydrogens is 245 g/mol. The van der Waals surface area contributed by atoms with Crippen LogP contribution in [0.1, 0.15) is 11.3 Å². The zero-order chi connectivity index (χ0) is 13.3. The molecule has 2 aromatic rings. The number of aromatic amines is 1. The molecule has 0 unspecified atom stereocenters. The number of nitrogens with zero attached hydrogens (tertiary/aromatic N) is 1. The van der Waals surface area contributed by atoms with Gasteiger partial charge in [0.25, 0.3) is 0 Å². The predicted molar refractivity (Wildman–Crippen MR) is 59.2 cm³/mol. The van der Waals surface area contributed by atoms with Crippen molar-refractivity contribution in [1.29, 1.82) is 5.26 Å². The van der Waals surface area contributed by atoms with E-state index in [0.717, 1.165) is 0 Å². The SMILES string of the molecule is COc1ccc2[nH]c(C(F)(F)F)c(CC#N)c2c1. The van der Waals surface area contributed by atoms with Gasteiger partial charge in [0.15, 0.2) is 0 Å². The van der Waals surface area contributed by atoms with Crippen LogP contribution in [0.25, 0.3) is 10.9 Å². The van der Waals surface area contributed by atoms with Crippen molar-refractivity contribution < 1.29 is 17.9 Å². The Morgan fingerprint density at radius 3 is 2.67 bits per heavy atom. The Hall–Kier alpha value is -2.16. The third-order valence-electron chi connectivity index (χ3n) is 2.65.